The van der Waals surface area contributed by atoms with Crippen molar-refractivity contribution in [1.29, 1.82) is 0 Å². The number of carbonyl (C=O) groups excluding carboxylic acids is 1. The zero-order valence-corrected chi connectivity index (χ0v) is 10.2. The van der Waals surface area contributed by atoms with Crippen molar-refractivity contribution in [3.63, 3.8) is 0 Å². The molecule has 92 valence electrons. The molecule has 0 aliphatic carbocycles. The Morgan fingerprint density at radius 2 is 1.89 bits per heavy atom. The van der Waals surface area contributed by atoms with Crippen LogP contribution in [0.2, 0.25) is 0 Å². The van der Waals surface area contributed by atoms with Gasteiger partial charge in [-0.1, -0.05) is 0 Å². The van der Waals surface area contributed by atoms with Crippen molar-refractivity contribution in [2.75, 3.05) is 6.61 Å². The molecule has 0 atom stereocenters. The number of ketones is 1. The average molecular weight is 243 g/mol. The number of aromatic nitrogens is 2. The van der Waals surface area contributed by atoms with Gasteiger partial charge in [-0.05, 0) is 31.2 Å². The molecule has 0 bridgehead atoms. The molecule has 0 saturated carbocycles. The van der Waals surface area contributed by atoms with Crippen molar-refractivity contribution in [2.24, 2.45) is 0 Å². The van der Waals surface area contributed by atoms with E-state index in [0.29, 0.717) is 18.7 Å². The second-order valence-corrected chi connectivity index (χ2v) is 3.80. The van der Waals surface area contributed by atoms with Gasteiger partial charge < -0.3 is 4.74 Å². The van der Waals surface area contributed by atoms with E-state index in [4.69, 9.17) is 4.74 Å². The van der Waals surface area contributed by atoms with Gasteiger partial charge in [-0.15, -0.1) is 0 Å². The first-order valence-corrected chi connectivity index (χ1v) is 5.84. The van der Waals surface area contributed by atoms with E-state index < -0.39 is 0 Å². The minimum atomic E-state index is 0.0641. The van der Waals surface area contributed by atoms with Crippen LogP contribution in [-0.4, -0.2) is 17.4 Å². The van der Waals surface area contributed by atoms with Gasteiger partial charge in [0.2, 0.25) is 12.3 Å². The first-order valence-electron chi connectivity index (χ1n) is 5.84. The predicted molar refractivity (Wildman–Crippen MR) is 66.4 cm³/mol. The lowest BCUT2D eigenvalue weighted by Crippen LogP contribution is -2.37. The maximum Gasteiger partial charge on any atom is 0.227 e. The lowest BCUT2D eigenvalue weighted by molar-refractivity contribution is -0.683. The summed E-state index contributed by atoms with van der Waals surface area (Å²) in [5, 5.41) is 0. The standard InChI is InChI=1S/C14H15N2O2/c1-2-18-13-5-3-12(4-6-13)14(17)11-16-9-7-15-8-10-16/h3-10H,2,11H2,1H3/q+1. The van der Waals surface area contributed by atoms with Crippen LogP contribution in [0.15, 0.2) is 49.1 Å². The fourth-order valence-corrected chi connectivity index (χ4v) is 1.61. The van der Waals surface area contributed by atoms with Gasteiger partial charge >= 0.3 is 0 Å². The Morgan fingerprint density at radius 3 is 2.50 bits per heavy atom. The number of rotatable bonds is 5. The highest BCUT2D eigenvalue weighted by molar-refractivity contribution is 5.95. The van der Waals surface area contributed by atoms with E-state index in [1.165, 1.54) is 0 Å². The van der Waals surface area contributed by atoms with Crippen LogP contribution in [0.5, 0.6) is 5.75 Å². The summed E-state index contributed by atoms with van der Waals surface area (Å²) in [6, 6.07) is 7.20. The Morgan fingerprint density at radius 1 is 1.22 bits per heavy atom. The lowest BCUT2D eigenvalue weighted by atomic mass is 10.1. The molecule has 0 amide bonds. The second kappa shape index (κ2) is 5.91. The topological polar surface area (TPSA) is 43.1 Å². The summed E-state index contributed by atoms with van der Waals surface area (Å²) in [6.07, 6.45) is 6.86. The van der Waals surface area contributed by atoms with Crippen molar-refractivity contribution in [2.45, 2.75) is 13.5 Å². The molecule has 0 saturated heterocycles. The van der Waals surface area contributed by atoms with E-state index in [9.17, 15) is 4.79 Å². The SMILES string of the molecule is CCOc1ccc(C(=O)C[n+]2ccncc2)cc1. The second-order valence-electron chi connectivity index (χ2n) is 3.80. The molecule has 0 N–H and O–H groups in total. The smallest absolute Gasteiger partial charge is 0.227 e. The van der Waals surface area contributed by atoms with Crippen molar-refractivity contribution in [3.05, 3.63) is 54.6 Å². The molecule has 0 spiro atoms. The van der Waals surface area contributed by atoms with Crippen LogP contribution in [-0.2, 0) is 6.54 Å². The Hall–Kier alpha value is -2.23. The van der Waals surface area contributed by atoms with Gasteiger partial charge in [-0.25, -0.2) is 0 Å². The van der Waals surface area contributed by atoms with Crippen LogP contribution in [0.3, 0.4) is 0 Å². The number of hydrogen-bond donors (Lipinski definition) is 0. The van der Waals surface area contributed by atoms with Gasteiger partial charge in [0.25, 0.3) is 0 Å². The number of ether oxygens (including phenoxy) is 1. The first-order chi connectivity index (χ1) is 8.79. The van der Waals surface area contributed by atoms with Crippen LogP contribution in [0.4, 0.5) is 0 Å². The highest BCUT2D eigenvalue weighted by Crippen LogP contribution is 2.12. The zero-order valence-electron chi connectivity index (χ0n) is 10.2. The molecule has 0 aliphatic heterocycles. The van der Waals surface area contributed by atoms with Crippen molar-refractivity contribution in [3.8, 4) is 5.75 Å². The number of carbonyl (C=O) groups is 1. The Balaban J connectivity index is 2.05. The molecule has 2 aromatic rings. The van der Waals surface area contributed by atoms with E-state index in [0.717, 1.165) is 5.75 Å². The van der Waals surface area contributed by atoms with E-state index in [-0.39, 0.29) is 5.78 Å². The monoisotopic (exact) mass is 243 g/mol. The fourth-order valence-electron chi connectivity index (χ4n) is 1.61. The highest BCUT2D eigenvalue weighted by Gasteiger charge is 2.11. The third-order valence-electron chi connectivity index (χ3n) is 2.50. The highest BCUT2D eigenvalue weighted by atomic mass is 16.5. The summed E-state index contributed by atoms with van der Waals surface area (Å²) in [5.74, 6) is 0.847. The van der Waals surface area contributed by atoms with Gasteiger partial charge in [0.15, 0.2) is 12.4 Å². The molecular weight excluding hydrogens is 228 g/mol. The molecule has 1 aromatic heterocycles. The third-order valence-corrected chi connectivity index (χ3v) is 2.50. The number of benzene rings is 1. The maximum atomic E-state index is 12.0. The van der Waals surface area contributed by atoms with Crippen LogP contribution >= 0.6 is 0 Å². The summed E-state index contributed by atoms with van der Waals surface area (Å²) < 4.78 is 7.13. The molecule has 1 aromatic carbocycles. The zero-order chi connectivity index (χ0) is 12.8. The van der Waals surface area contributed by atoms with Gasteiger partial charge in [0.05, 0.1) is 19.0 Å². The van der Waals surface area contributed by atoms with Crippen LogP contribution in [0, 0.1) is 0 Å². The summed E-state index contributed by atoms with van der Waals surface area (Å²) in [4.78, 5) is 15.9. The molecule has 0 fully saturated rings. The van der Waals surface area contributed by atoms with E-state index in [1.807, 2.05) is 19.1 Å². The first kappa shape index (κ1) is 12.2. The van der Waals surface area contributed by atoms with Gasteiger partial charge in [-0.2, -0.15) is 4.57 Å². The van der Waals surface area contributed by atoms with Gasteiger partial charge in [0, 0.05) is 5.56 Å². The molecule has 0 unspecified atom stereocenters. The largest absolute Gasteiger partial charge is 0.494 e. The number of hydrogen-bond acceptors (Lipinski definition) is 3. The molecule has 4 nitrogen and oxygen atoms in total. The third kappa shape index (κ3) is 3.13. The summed E-state index contributed by atoms with van der Waals surface area (Å²) in [7, 11) is 0. The molecular formula is C14H15N2O2+. The minimum absolute atomic E-state index is 0.0641. The summed E-state index contributed by atoms with van der Waals surface area (Å²) in [6.45, 7) is 2.87. The minimum Gasteiger partial charge on any atom is -0.494 e. The van der Waals surface area contributed by atoms with E-state index in [1.54, 1.807) is 41.5 Å². The van der Waals surface area contributed by atoms with Crippen LogP contribution in [0.25, 0.3) is 0 Å². The van der Waals surface area contributed by atoms with Gasteiger partial charge in [0.1, 0.15) is 5.75 Å². The number of nitrogens with zero attached hydrogens (tertiary/aromatic N) is 2. The van der Waals surface area contributed by atoms with E-state index in [2.05, 4.69) is 4.98 Å². The molecule has 18 heavy (non-hydrogen) atoms. The quantitative estimate of drug-likeness (QED) is 0.592. The summed E-state index contributed by atoms with van der Waals surface area (Å²) in [5.41, 5.74) is 0.683. The van der Waals surface area contributed by atoms with Crippen LogP contribution < -0.4 is 9.30 Å². The molecule has 0 aliphatic rings. The van der Waals surface area contributed by atoms with Crippen LogP contribution in [0.1, 0.15) is 17.3 Å². The lowest BCUT2D eigenvalue weighted by Gasteiger charge is -2.03. The molecule has 4 heteroatoms. The van der Waals surface area contributed by atoms with E-state index >= 15 is 0 Å². The van der Waals surface area contributed by atoms with Crippen molar-refractivity contribution in [1.82, 2.24) is 4.98 Å². The Labute approximate surface area is 106 Å². The Bertz CT molecular complexity index is 509. The Kier molecular flexibility index (Phi) is 4.02. The average Bonchev–Trinajstić information content (AvgIpc) is 2.41. The fraction of sp³-hybridized carbons (Fsp3) is 0.214. The molecule has 1 heterocycles. The summed E-state index contributed by atoms with van der Waals surface area (Å²) >= 11 is 0. The normalized spacial score (nSPS) is 10.1. The molecule has 0 radical (unpaired) electrons. The van der Waals surface area contributed by atoms with Crippen molar-refractivity contribution < 1.29 is 14.1 Å². The number of Topliss-reactive ketones (excluding diaryl/α,β-unsaturated/α-hetero) is 1. The maximum absolute atomic E-state index is 12.0. The van der Waals surface area contributed by atoms with Gasteiger partial charge in [-0.3, -0.25) is 9.78 Å². The van der Waals surface area contributed by atoms with Crippen molar-refractivity contribution >= 4 is 5.78 Å². The predicted octanol–water partition coefficient (Wildman–Crippen LogP) is 1.65. The molecule has 2 rings (SSSR count).